The number of hydrogen-bond donors (Lipinski definition) is 0. The zero-order valence-electron chi connectivity index (χ0n) is 10.9. The molecule has 20 heavy (non-hydrogen) atoms. The van der Waals surface area contributed by atoms with E-state index in [1.54, 1.807) is 18.7 Å². The van der Waals surface area contributed by atoms with Crippen LogP contribution >= 0.6 is 45.2 Å². The van der Waals surface area contributed by atoms with Crippen LogP contribution in [0.4, 0.5) is 0 Å². The van der Waals surface area contributed by atoms with Crippen LogP contribution in [0.5, 0.6) is 5.75 Å². The van der Waals surface area contributed by atoms with Crippen LogP contribution in [0, 0.1) is 7.40 Å². The quantitative estimate of drug-likeness (QED) is 0.480. The molecule has 1 aromatic heterocycles. The first-order valence-electron chi connectivity index (χ1n) is 5.84. The third kappa shape index (κ3) is 3.08. The average Bonchev–Trinajstić information content (AvgIpc) is 2.74. The monoisotopic (exact) mass is 498 g/mol. The molecule has 0 unspecified atom stereocenters. The predicted molar refractivity (Wildman–Crippen MR) is 91.5 cm³/mol. The summed E-state index contributed by atoms with van der Waals surface area (Å²) in [6, 6.07) is 7.48. The molecule has 7 heteroatoms. The minimum atomic E-state index is -0.346. The topological polar surface area (TPSA) is 53.3 Å². The molecule has 0 aliphatic heterocycles. The largest absolute Gasteiger partial charge is 0.497 e. The molecule has 2 rings (SSSR count). The molecule has 0 saturated carbocycles. The summed E-state index contributed by atoms with van der Waals surface area (Å²) in [5, 5.41) is 4.39. The standard InChI is InChI=1S/C13H12I2N2O3/c1-3-20-13(18)10-11(14)16-17(12(10)15)8-4-6-9(19-2)7-5-8/h4-7H,3H2,1-2H3. The average molecular weight is 498 g/mol. The van der Waals surface area contributed by atoms with Crippen LogP contribution < -0.4 is 4.74 Å². The number of halogens is 2. The number of carbonyl (C=O) groups excluding carboxylic acids is 1. The molecule has 0 fully saturated rings. The van der Waals surface area contributed by atoms with Crippen molar-refractivity contribution in [2.45, 2.75) is 6.92 Å². The van der Waals surface area contributed by atoms with Crippen LogP contribution in [-0.2, 0) is 4.74 Å². The molecule has 0 saturated heterocycles. The Bertz CT molecular complexity index is 623. The number of carbonyl (C=O) groups is 1. The Morgan fingerprint density at radius 1 is 1.30 bits per heavy atom. The molecule has 0 N–H and O–H groups in total. The van der Waals surface area contributed by atoms with Crippen molar-refractivity contribution in [3.8, 4) is 11.4 Å². The number of ether oxygens (including phenoxy) is 2. The third-order valence-electron chi connectivity index (χ3n) is 2.58. The maximum Gasteiger partial charge on any atom is 0.343 e. The highest BCUT2D eigenvalue weighted by Gasteiger charge is 2.22. The van der Waals surface area contributed by atoms with Gasteiger partial charge in [0.25, 0.3) is 0 Å². The SMILES string of the molecule is CCOC(=O)c1c(I)nn(-c2ccc(OC)cc2)c1I. The molecule has 1 aromatic carbocycles. The summed E-state index contributed by atoms with van der Waals surface area (Å²) in [5.41, 5.74) is 1.37. The summed E-state index contributed by atoms with van der Waals surface area (Å²) in [7, 11) is 1.62. The fourth-order valence-corrected chi connectivity index (χ4v) is 3.71. The lowest BCUT2D eigenvalue weighted by atomic mass is 10.3. The van der Waals surface area contributed by atoms with Crippen molar-refractivity contribution in [2.24, 2.45) is 0 Å². The lowest BCUT2D eigenvalue weighted by Gasteiger charge is -2.05. The summed E-state index contributed by atoms with van der Waals surface area (Å²) >= 11 is 4.14. The van der Waals surface area contributed by atoms with E-state index >= 15 is 0 Å². The summed E-state index contributed by atoms with van der Waals surface area (Å²) in [6.07, 6.45) is 0. The fourth-order valence-electron chi connectivity index (χ4n) is 1.64. The second-order valence-corrected chi connectivity index (χ2v) is 5.83. The van der Waals surface area contributed by atoms with Crippen LogP contribution in [0.3, 0.4) is 0 Å². The van der Waals surface area contributed by atoms with Gasteiger partial charge >= 0.3 is 5.97 Å². The molecule has 0 amide bonds. The highest BCUT2D eigenvalue weighted by Crippen LogP contribution is 2.24. The van der Waals surface area contributed by atoms with Crippen LogP contribution in [0.15, 0.2) is 24.3 Å². The van der Waals surface area contributed by atoms with Crippen LogP contribution in [0.2, 0.25) is 0 Å². The minimum absolute atomic E-state index is 0.346. The van der Waals surface area contributed by atoms with Gasteiger partial charge in [-0.1, -0.05) is 0 Å². The molecule has 0 bridgehead atoms. The van der Waals surface area contributed by atoms with E-state index in [1.165, 1.54) is 0 Å². The van der Waals surface area contributed by atoms with Gasteiger partial charge in [-0.25, -0.2) is 9.48 Å². The van der Waals surface area contributed by atoms with E-state index in [-0.39, 0.29) is 5.97 Å². The van der Waals surface area contributed by atoms with Crippen molar-refractivity contribution in [1.82, 2.24) is 9.78 Å². The number of hydrogen-bond acceptors (Lipinski definition) is 4. The fraction of sp³-hybridized carbons (Fsp3) is 0.231. The number of nitrogens with zero attached hydrogens (tertiary/aromatic N) is 2. The molecule has 5 nitrogen and oxygen atoms in total. The number of rotatable bonds is 4. The maximum atomic E-state index is 11.9. The van der Waals surface area contributed by atoms with Crippen molar-refractivity contribution in [3.63, 3.8) is 0 Å². The summed E-state index contributed by atoms with van der Waals surface area (Å²) in [6.45, 7) is 2.13. The molecule has 0 aliphatic rings. The number of aromatic nitrogens is 2. The number of benzene rings is 1. The van der Waals surface area contributed by atoms with Gasteiger partial charge in [-0.15, -0.1) is 0 Å². The van der Waals surface area contributed by atoms with E-state index < -0.39 is 0 Å². The smallest absolute Gasteiger partial charge is 0.343 e. The highest BCUT2D eigenvalue weighted by molar-refractivity contribution is 14.1. The molecule has 0 atom stereocenters. The Morgan fingerprint density at radius 3 is 2.50 bits per heavy atom. The summed E-state index contributed by atoms with van der Waals surface area (Å²) in [4.78, 5) is 11.9. The first-order valence-corrected chi connectivity index (χ1v) is 7.99. The van der Waals surface area contributed by atoms with Gasteiger partial charge in [-0.2, -0.15) is 5.10 Å². The Hall–Kier alpha value is -0.840. The Labute approximate surface area is 143 Å². The molecule has 2 aromatic rings. The normalized spacial score (nSPS) is 10.4. The zero-order chi connectivity index (χ0) is 14.7. The van der Waals surface area contributed by atoms with Gasteiger partial charge in [0.1, 0.15) is 18.7 Å². The second-order valence-electron chi connectivity index (χ2n) is 3.79. The first kappa shape index (κ1) is 15.5. The van der Waals surface area contributed by atoms with Crippen molar-refractivity contribution in [3.05, 3.63) is 37.2 Å². The molecule has 0 spiro atoms. The highest BCUT2D eigenvalue weighted by atomic mass is 127. The van der Waals surface area contributed by atoms with Gasteiger partial charge in [0.2, 0.25) is 0 Å². The Morgan fingerprint density at radius 2 is 1.95 bits per heavy atom. The van der Waals surface area contributed by atoms with E-state index in [2.05, 4.69) is 27.7 Å². The van der Waals surface area contributed by atoms with Gasteiger partial charge in [0.15, 0.2) is 0 Å². The van der Waals surface area contributed by atoms with Gasteiger partial charge in [0, 0.05) is 0 Å². The lowest BCUT2D eigenvalue weighted by Crippen LogP contribution is -2.08. The van der Waals surface area contributed by atoms with Crippen molar-refractivity contribution < 1.29 is 14.3 Å². The maximum absolute atomic E-state index is 11.9. The number of esters is 1. The molecular formula is C13H12I2N2O3. The predicted octanol–water partition coefficient (Wildman–Crippen LogP) is 3.27. The van der Waals surface area contributed by atoms with Crippen LogP contribution in [0.1, 0.15) is 17.3 Å². The molecular weight excluding hydrogens is 486 g/mol. The zero-order valence-corrected chi connectivity index (χ0v) is 15.2. The van der Waals surface area contributed by atoms with Crippen molar-refractivity contribution in [2.75, 3.05) is 13.7 Å². The van der Waals surface area contributed by atoms with Crippen molar-refractivity contribution in [1.29, 1.82) is 0 Å². The Kier molecular flexibility index (Phi) is 5.24. The summed E-state index contributed by atoms with van der Waals surface area (Å²) in [5.74, 6) is 0.428. The van der Waals surface area contributed by atoms with Gasteiger partial charge in [-0.05, 0) is 76.4 Å². The van der Waals surface area contributed by atoms with Crippen LogP contribution in [-0.4, -0.2) is 29.5 Å². The molecule has 106 valence electrons. The van der Waals surface area contributed by atoms with E-state index in [4.69, 9.17) is 9.47 Å². The van der Waals surface area contributed by atoms with Gasteiger partial charge in [-0.3, -0.25) is 0 Å². The molecule has 0 aliphatic carbocycles. The Balaban J connectivity index is 2.42. The van der Waals surface area contributed by atoms with E-state index in [0.717, 1.165) is 15.1 Å². The second kappa shape index (κ2) is 6.74. The van der Waals surface area contributed by atoms with Gasteiger partial charge in [0.05, 0.1) is 19.4 Å². The summed E-state index contributed by atoms with van der Waals surface area (Å²) < 4.78 is 13.3. The van der Waals surface area contributed by atoms with E-state index in [0.29, 0.717) is 15.9 Å². The van der Waals surface area contributed by atoms with Crippen molar-refractivity contribution >= 4 is 51.2 Å². The molecule has 1 heterocycles. The minimum Gasteiger partial charge on any atom is -0.497 e. The first-order chi connectivity index (χ1) is 9.58. The van der Waals surface area contributed by atoms with E-state index in [1.807, 2.05) is 46.9 Å². The van der Waals surface area contributed by atoms with Crippen LogP contribution in [0.25, 0.3) is 5.69 Å². The number of methoxy groups -OCH3 is 1. The molecule has 0 radical (unpaired) electrons. The third-order valence-corrected chi connectivity index (χ3v) is 4.33. The van der Waals surface area contributed by atoms with E-state index in [9.17, 15) is 4.79 Å². The van der Waals surface area contributed by atoms with Gasteiger partial charge < -0.3 is 9.47 Å². The lowest BCUT2D eigenvalue weighted by molar-refractivity contribution is 0.0524.